The van der Waals surface area contributed by atoms with E-state index in [4.69, 9.17) is 17.3 Å². The maximum Gasteiger partial charge on any atom is 0.319 e. The Morgan fingerprint density at radius 2 is 2.36 bits per heavy atom. The molecule has 1 aromatic rings. The summed E-state index contributed by atoms with van der Waals surface area (Å²) in [7, 11) is 0. The van der Waals surface area contributed by atoms with Crippen molar-refractivity contribution >= 4 is 17.6 Å². The summed E-state index contributed by atoms with van der Waals surface area (Å²) in [5.41, 5.74) is 4.88. The first-order valence-electron chi connectivity index (χ1n) is 4.13. The van der Waals surface area contributed by atoms with Crippen LogP contribution in [-0.2, 0) is 9.53 Å². The lowest BCUT2D eigenvalue weighted by atomic mass is 10.5. The zero-order valence-electron chi connectivity index (χ0n) is 7.94. The molecule has 1 aromatic heterocycles. The highest BCUT2D eigenvalue weighted by atomic mass is 35.5. The first kappa shape index (κ1) is 12.9. The molecule has 0 radical (unpaired) electrons. The summed E-state index contributed by atoms with van der Waals surface area (Å²) < 4.78 is 4.43. The number of esters is 1. The number of carbonyl (C=O) groups is 1. The highest BCUT2D eigenvalue weighted by Gasteiger charge is 1.91. The molecule has 78 valence electrons. The SMILES string of the molecule is CCOC(=O)CN.Clc1ccccn1. The second-order valence-electron chi connectivity index (χ2n) is 2.16. The van der Waals surface area contributed by atoms with Crippen LogP contribution in [-0.4, -0.2) is 24.1 Å². The van der Waals surface area contributed by atoms with Gasteiger partial charge in [-0.25, -0.2) is 4.98 Å². The molecular formula is C9H13ClN2O2. The predicted octanol–water partition coefficient (Wildman–Crippen LogP) is 1.24. The topological polar surface area (TPSA) is 65.2 Å². The zero-order valence-corrected chi connectivity index (χ0v) is 8.70. The zero-order chi connectivity index (χ0) is 10.8. The van der Waals surface area contributed by atoms with Crippen LogP contribution in [0.1, 0.15) is 6.92 Å². The van der Waals surface area contributed by atoms with Gasteiger partial charge in [0.25, 0.3) is 0 Å². The number of hydrogen-bond donors (Lipinski definition) is 1. The van der Waals surface area contributed by atoms with Crippen molar-refractivity contribution in [3.05, 3.63) is 29.5 Å². The van der Waals surface area contributed by atoms with Crippen LogP contribution in [0.15, 0.2) is 24.4 Å². The van der Waals surface area contributed by atoms with Crippen LogP contribution in [0.5, 0.6) is 0 Å². The number of carbonyl (C=O) groups excluding carboxylic acids is 1. The van der Waals surface area contributed by atoms with Crippen LogP contribution in [0.4, 0.5) is 0 Å². The molecule has 0 amide bonds. The van der Waals surface area contributed by atoms with Gasteiger partial charge in [-0.05, 0) is 19.1 Å². The minimum atomic E-state index is -0.345. The maximum atomic E-state index is 10.1. The van der Waals surface area contributed by atoms with Crippen molar-refractivity contribution in [2.45, 2.75) is 6.92 Å². The van der Waals surface area contributed by atoms with Crippen LogP contribution in [0.3, 0.4) is 0 Å². The van der Waals surface area contributed by atoms with E-state index in [9.17, 15) is 4.79 Å². The Balaban J connectivity index is 0.000000241. The van der Waals surface area contributed by atoms with Gasteiger partial charge in [-0.3, -0.25) is 4.79 Å². The smallest absolute Gasteiger partial charge is 0.319 e. The normalized spacial score (nSPS) is 8.50. The van der Waals surface area contributed by atoms with Crippen LogP contribution in [0, 0.1) is 0 Å². The van der Waals surface area contributed by atoms with Crippen molar-refractivity contribution in [2.24, 2.45) is 5.73 Å². The summed E-state index contributed by atoms with van der Waals surface area (Å²) in [5, 5.41) is 0.544. The fourth-order valence-corrected chi connectivity index (χ4v) is 0.691. The van der Waals surface area contributed by atoms with Gasteiger partial charge in [0.15, 0.2) is 0 Å². The lowest BCUT2D eigenvalue weighted by molar-refractivity contribution is -0.141. The molecule has 4 nitrogen and oxygen atoms in total. The molecule has 0 aromatic carbocycles. The van der Waals surface area contributed by atoms with Gasteiger partial charge in [-0.1, -0.05) is 17.7 Å². The van der Waals surface area contributed by atoms with Gasteiger partial charge < -0.3 is 10.5 Å². The lowest BCUT2D eigenvalue weighted by Gasteiger charge is -1.93. The molecule has 5 heteroatoms. The molecule has 0 spiro atoms. The number of nitrogens with zero attached hydrogens (tertiary/aromatic N) is 1. The van der Waals surface area contributed by atoms with Crippen LogP contribution < -0.4 is 5.73 Å². The van der Waals surface area contributed by atoms with Gasteiger partial charge in [0, 0.05) is 6.20 Å². The molecule has 0 fully saturated rings. The quantitative estimate of drug-likeness (QED) is 0.597. The third kappa shape index (κ3) is 7.52. The van der Waals surface area contributed by atoms with E-state index in [1.807, 2.05) is 12.1 Å². The molecule has 14 heavy (non-hydrogen) atoms. The fraction of sp³-hybridized carbons (Fsp3) is 0.333. The van der Waals surface area contributed by atoms with E-state index in [-0.39, 0.29) is 12.5 Å². The van der Waals surface area contributed by atoms with Gasteiger partial charge >= 0.3 is 5.97 Å². The van der Waals surface area contributed by atoms with E-state index in [1.54, 1.807) is 19.2 Å². The highest BCUT2D eigenvalue weighted by molar-refractivity contribution is 6.29. The Hall–Kier alpha value is -1.13. The molecule has 1 heterocycles. The Morgan fingerprint density at radius 3 is 2.57 bits per heavy atom. The molecule has 0 atom stereocenters. The lowest BCUT2D eigenvalue weighted by Crippen LogP contribution is -2.16. The van der Waals surface area contributed by atoms with E-state index >= 15 is 0 Å². The van der Waals surface area contributed by atoms with E-state index in [0.29, 0.717) is 11.8 Å². The van der Waals surface area contributed by atoms with Crippen molar-refractivity contribution in [3.63, 3.8) is 0 Å². The van der Waals surface area contributed by atoms with Crippen LogP contribution >= 0.6 is 11.6 Å². The van der Waals surface area contributed by atoms with Crippen molar-refractivity contribution < 1.29 is 9.53 Å². The molecule has 2 N–H and O–H groups in total. The Labute approximate surface area is 88.0 Å². The van der Waals surface area contributed by atoms with Gasteiger partial charge in [-0.15, -0.1) is 0 Å². The second-order valence-corrected chi connectivity index (χ2v) is 2.55. The average molecular weight is 217 g/mol. The average Bonchev–Trinajstić information content (AvgIpc) is 2.20. The van der Waals surface area contributed by atoms with E-state index in [0.717, 1.165) is 0 Å². The van der Waals surface area contributed by atoms with Crippen molar-refractivity contribution in [2.75, 3.05) is 13.2 Å². The first-order chi connectivity index (χ1) is 6.70. The number of rotatable bonds is 2. The summed E-state index contributed by atoms with van der Waals surface area (Å²) >= 11 is 5.43. The van der Waals surface area contributed by atoms with Crippen LogP contribution in [0.2, 0.25) is 5.15 Å². The van der Waals surface area contributed by atoms with Gasteiger partial charge in [-0.2, -0.15) is 0 Å². The molecule has 0 aliphatic heterocycles. The van der Waals surface area contributed by atoms with Crippen molar-refractivity contribution in [1.29, 1.82) is 0 Å². The molecular weight excluding hydrogens is 204 g/mol. The molecule has 0 unspecified atom stereocenters. The molecule has 0 aliphatic rings. The first-order valence-corrected chi connectivity index (χ1v) is 4.50. The third-order valence-electron chi connectivity index (χ3n) is 1.10. The summed E-state index contributed by atoms with van der Waals surface area (Å²) in [4.78, 5) is 13.8. The van der Waals surface area contributed by atoms with E-state index in [1.165, 1.54) is 0 Å². The maximum absolute atomic E-state index is 10.1. The second kappa shape index (κ2) is 8.47. The Kier molecular flexibility index (Phi) is 7.78. The number of ether oxygens (including phenoxy) is 1. The number of pyridine rings is 1. The number of halogens is 1. The standard InChI is InChI=1S/C5H4ClN.C4H9NO2/c6-5-3-1-2-4-7-5;1-2-7-4(6)3-5/h1-4H;2-3,5H2,1H3. The fourth-order valence-electron chi connectivity index (χ4n) is 0.562. The summed E-state index contributed by atoms with van der Waals surface area (Å²) in [6.07, 6.45) is 1.66. The van der Waals surface area contributed by atoms with Crippen molar-refractivity contribution in [3.8, 4) is 0 Å². The molecule has 0 bridgehead atoms. The monoisotopic (exact) mass is 216 g/mol. The third-order valence-corrected chi connectivity index (χ3v) is 1.32. The van der Waals surface area contributed by atoms with E-state index < -0.39 is 0 Å². The minimum absolute atomic E-state index is 0.0200. The number of aromatic nitrogens is 1. The summed E-state index contributed by atoms with van der Waals surface area (Å²) in [6, 6.07) is 5.41. The predicted molar refractivity (Wildman–Crippen MR) is 54.9 cm³/mol. The summed E-state index contributed by atoms with van der Waals surface area (Å²) in [5.74, 6) is -0.345. The van der Waals surface area contributed by atoms with E-state index in [2.05, 4.69) is 9.72 Å². The number of nitrogens with two attached hydrogens (primary N) is 1. The van der Waals surface area contributed by atoms with Gasteiger partial charge in [0.1, 0.15) is 5.15 Å². The largest absolute Gasteiger partial charge is 0.465 e. The molecule has 0 saturated carbocycles. The van der Waals surface area contributed by atoms with Crippen molar-refractivity contribution in [1.82, 2.24) is 4.98 Å². The van der Waals surface area contributed by atoms with Gasteiger partial charge in [0.2, 0.25) is 0 Å². The molecule has 1 rings (SSSR count). The van der Waals surface area contributed by atoms with Gasteiger partial charge in [0.05, 0.1) is 13.2 Å². The molecule has 0 saturated heterocycles. The highest BCUT2D eigenvalue weighted by Crippen LogP contribution is 1.98. The summed E-state index contributed by atoms with van der Waals surface area (Å²) in [6.45, 7) is 2.14. The minimum Gasteiger partial charge on any atom is -0.465 e. The Morgan fingerprint density at radius 1 is 1.64 bits per heavy atom. The van der Waals surface area contributed by atoms with Crippen LogP contribution in [0.25, 0.3) is 0 Å². The Bertz CT molecular complexity index is 254. The molecule has 0 aliphatic carbocycles. The number of hydrogen-bond acceptors (Lipinski definition) is 4.